The van der Waals surface area contributed by atoms with Crippen LogP contribution in [0.15, 0.2) is 35.9 Å². The molecule has 1 aromatic rings. The Labute approximate surface area is 113 Å². The highest BCUT2D eigenvalue weighted by atomic mass is 35.5. The van der Waals surface area contributed by atoms with Crippen LogP contribution in [0, 0.1) is 6.42 Å². The third-order valence-electron chi connectivity index (χ3n) is 2.57. The number of rotatable bonds is 1. The summed E-state index contributed by atoms with van der Waals surface area (Å²) in [6, 6.07) is 4.47. The van der Waals surface area contributed by atoms with Crippen LogP contribution in [0.4, 0.5) is 13.2 Å². The second kappa shape index (κ2) is 4.98. The number of allylic oxidation sites excluding steroid dienone is 4. The van der Waals surface area contributed by atoms with Crippen molar-refractivity contribution in [1.82, 2.24) is 0 Å². The summed E-state index contributed by atoms with van der Waals surface area (Å²) in [6.07, 6.45) is 0.189. The molecule has 0 spiro atoms. The van der Waals surface area contributed by atoms with Gasteiger partial charge < -0.3 is 0 Å². The molecular formula is C13H8Cl2F3. The monoisotopic (exact) mass is 291 g/mol. The summed E-state index contributed by atoms with van der Waals surface area (Å²) in [6.45, 7) is 0. The Balaban J connectivity index is 2.55. The Hall–Kier alpha value is -0.930. The van der Waals surface area contributed by atoms with Gasteiger partial charge in [0.25, 0.3) is 0 Å². The molecule has 1 aliphatic rings. The molecule has 0 atom stereocenters. The zero-order valence-electron chi connectivity index (χ0n) is 9.06. The van der Waals surface area contributed by atoms with E-state index in [1.165, 1.54) is 30.7 Å². The largest absolute Gasteiger partial charge is 0.416 e. The highest BCUT2D eigenvalue weighted by Crippen LogP contribution is 2.39. The normalized spacial score (nSPS) is 16.3. The zero-order chi connectivity index (χ0) is 13.3. The average Bonchev–Trinajstić information content (AvgIpc) is 2.32. The lowest BCUT2D eigenvalue weighted by Crippen LogP contribution is -2.14. The van der Waals surface area contributed by atoms with Gasteiger partial charge in [0.05, 0.1) is 15.6 Å². The van der Waals surface area contributed by atoms with Gasteiger partial charge in [-0.2, -0.15) is 13.2 Å². The Morgan fingerprint density at radius 1 is 1.06 bits per heavy atom. The van der Waals surface area contributed by atoms with E-state index in [0.717, 1.165) is 6.08 Å². The molecule has 1 aliphatic carbocycles. The molecule has 0 nitrogen and oxygen atoms in total. The van der Waals surface area contributed by atoms with E-state index >= 15 is 0 Å². The van der Waals surface area contributed by atoms with Crippen molar-refractivity contribution in [2.24, 2.45) is 0 Å². The molecule has 95 valence electrons. The van der Waals surface area contributed by atoms with Crippen molar-refractivity contribution in [3.63, 3.8) is 0 Å². The lowest BCUT2D eigenvalue weighted by Gasteiger charge is -2.18. The van der Waals surface area contributed by atoms with Crippen LogP contribution in [0.2, 0.25) is 10.0 Å². The van der Waals surface area contributed by atoms with Gasteiger partial charge in [-0.05, 0) is 36.1 Å². The predicted molar refractivity (Wildman–Crippen MR) is 67.5 cm³/mol. The Morgan fingerprint density at radius 2 is 1.78 bits per heavy atom. The van der Waals surface area contributed by atoms with Gasteiger partial charge in [0.1, 0.15) is 0 Å². The Kier molecular flexibility index (Phi) is 3.74. The minimum Gasteiger partial charge on any atom is -0.166 e. The first-order chi connectivity index (χ1) is 8.39. The van der Waals surface area contributed by atoms with Crippen LogP contribution in [-0.2, 0) is 0 Å². The molecule has 0 saturated carbocycles. The van der Waals surface area contributed by atoms with Crippen LogP contribution >= 0.6 is 23.2 Å². The van der Waals surface area contributed by atoms with Crippen LogP contribution in [0.1, 0.15) is 12.0 Å². The van der Waals surface area contributed by atoms with Gasteiger partial charge in [0.2, 0.25) is 0 Å². The summed E-state index contributed by atoms with van der Waals surface area (Å²) in [5.41, 5.74) is -0.100. The first-order valence-electron chi connectivity index (χ1n) is 5.16. The molecule has 0 aromatic heterocycles. The summed E-state index contributed by atoms with van der Waals surface area (Å²) < 4.78 is 38.6. The van der Waals surface area contributed by atoms with Crippen molar-refractivity contribution in [2.45, 2.75) is 12.6 Å². The summed E-state index contributed by atoms with van der Waals surface area (Å²) in [5.74, 6) is 0. The van der Waals surface area contributed by atoms with E-state index in [9.17, 15) is 13.2 Å². The van der Waals surface area contributed by atoms with Crippen LogP contribution in [0.3, 0.4) is 0 Å². The number of hydrogen-bond acceptors (Lipinski definition) is 0. The van der Waals surface area contributed by atoms with Crippen LogP contribution in [0.25, 0.3) is 5.57 Å². The van der Waals surface area contributed by atoms with Crippen molar-refractivity contribution >= 4 is 28.8 Å². The van der Waals surface area contributed by atoms with Gasteiger partial charge in [0, 0.05) is 0 Å². The van der Waals surface area contributed by atoms with Crippen molar-refractivity contribution in [3.8, 4) is 0 Å². The molecule has 0 fully saturated rings. The summed E-state index contributed by atoms with van der Waals surface area (Å²) in [7, 11) is 0. The number of halogens is 5. The Morgan fingerprint density at radius 3 is 2.39 bits per heavy atom. The Bertz CT molecular complexity index is 528. The third kappa shape index (κ3) is 2.73. The maximum absolute atomic E-state index is 12.9. The SMILES string of the molecule is FC(F)(F)C1=C(c2ccc(Cl)c(Cl)c2)[CH]CC=C1. The van der Waals surface area contributed by atoms with Crippen LogP contribution in [0.5, 0.6) is 0 Å². The molecule has 5 heteroatoms. The van der Waals surface area contributed by atoms with Crippen LogP contribution < -0.4 is 0 Å². The molecule has 0 amide bonds. The van der Waals surface area contributed by atoms with Gasteiger partial charge >= 0.3 is 6.18 Å². The molecule has 0 saturated heterocycles. The summed E-state index contributed by atoms with van der Waals surface area (Å²) in [5, 5.41) is 0.562. The second-order valence-electron chi connectivity index (χ2n) is 3.80. The molecule has 0 bridgehead atoms. The fraction of sp³-hybridized carbons (Fsp3) is 0.154. The molecule has 18 heavy (non-hydrogen) atoms. The predicted octanol–water partition coefficient (Wildman–Crippen LogP) is 5.47. The zero-order valence-corrected chi connectivity index (χ0v) is 10.6. The molecule has 0 heterocycles. The standard InChI is InChI=1S/C13H8Cl2F3/c14-11-6-5-8(7-12(11)15)9-3-1-2-4-10(9)13(16,17)18/h2-7H,1H2. The van der Waals surface area contributed by atoms with Crippen molar-refractivity contribution in [3.05, 3.63) is 58.0 Å². The van der Waals surface area contributed by atoms with E-state index < -0.39 is 11.7 Å². The lowest BCUT2D eigenvalue weighted by molar-refractivity contribution is -0.0877. The highest BCUT2D eigenvalue weighted by Gasteiger charge is 2.35. The van der Waals surface area contributed by atoms with E-state index in [1.807, 2.05) is 0 Å². The minimum absolute atomic E-state index is 0.142. The molecular weight excluding hydrogens is 284 g/mol. The first-order valence-corrected chi connectivity index (χ1v) is 5.92. The van der Waals surface area contributed by atoms with Gasteiger partial charge in [-0.25, -0.2) is 0 Å². The number of benzene rings is 1. The molecule has 1 aromatic carbocycles. The maximum atomic E-state index is 12.9. The van der Waals surface area contributed by atoms with Gasteiger partial charge in [0.15, 0.2) is 0 Å². The highest BCUT2D eigenvalue weighted by molar-refractivity contribution is 6.42. The quantitative estimate of drug-likeness (QED) is 0.643. The topological polar surface area (TPSA) is 0 Å². The smallest absolute Gasteiger partial charge is 0.166 e. The molecule has 1 radical (unpaired) electrons. The number of hydrogen-bond donors (Lipinski definition) is 0. The first kappa shape index (κ1) is 13.5. The van der Waals surface area contributed by atoms with Crippen LogP contribution in [-0.4, -0.2) is 6.18 Å². The van der Waals surface area contributed by atoms with Gasteiger partial charge in [-0.15, -0.1) is 0 Å². The van der Waals surface area contributed by atoms with Gasteiger partial charge in [-0.1, -0.05) is 41.4 Å². The third-order valence-corrected chi connectivity index (χ3v) is 3.31. The van der Waals surface area contributed by atoms with E-state index in [1.54, 1.807) is 0 Å². The maximum Gasteiger partial charge on any atom is 0.416 e. The average molecular weight is 292 g/mol. The van der Waals surface area contributed by atoms with E-state index in [2.05, 4.69) is 0 Å². The van der Waals surface area contributed by atoms with E-state index in [0.29, 0.717) is 17.0 Å². The fourth-order valence-corrected chi connectivity index (χ4v) is 2.05. The summed E-state index contributed by atoms with van der Waals surface area (Å²) in [4.78, 5) is 0. The minimum atomic E-state index is -4.38. The molecule has 0 aliphatic heterocycles. The van der Waals surface area contributed by atoms with E-state index in [-0.39, 0.29) is 10.6 Å². The van der Waals surface area contributed by atoms with Crippen molar-refractivity contribution in [2.75, 3.05) is 0 Å². The van der Waals surface area contributed by atoms with Crippen molar-refractivity contribution < 1.29 is 13.2 Å². The van der Waals surface area contributed by atoms with Crippen molar-refractivity contribution in [1.29, 1.82) is 0 Å². The fourth-order valence-electron chi connectivity index (χ4n) is 1.76. The number of alkyl halides is 3. The summed E-state index contributed by atoms with van der Waals surface area (Å²) >= 11 is 11.6. The van der Waals surface area contributed by atoms with E-state index in [4.69, 9.17) is 23.2 Å². The molecule has 2 rings (SSSR count). The second-order valence-corrected chi connectivity index (χ2v) is 4.61. The molecule has 0 unspecified atom stereocenters. The van der Waals surface area contributed by atoms with Gasteiger partial charge in [-0.3, -0.25) is 0 Å². The lowest BCUT2D eigenvalue weighted by atomic mass is 9.91. The molecule has 0 N–H and O–H groups in total.